The first-order chi connectivity index (χ1) is 10.5. The highest BCUT2D eigenvalue weighted by Crippen LogP contribution is 2.16. The molecule has 0 amide bonds. The lowest BCUT2D eigenvalue weighted by atomic mass is 10.2. The Bertz CT molecular complexity index is 716. The van der Waals surface area contributed by atoms with Crippen molar-refractivity contribution in [1.82, 2.24) is 9.71 Å². The van der Waals surface area contributed by atoms with Gasteiger partial charge in [-0.05, 0) is 31.2 Å². The second-order valence-electron chi connectivity index (χ2n) is 4.58. The number of sulfonamides is 1. The summed E-state index contributed by atoms with van der Waals surface area (Å²) in [5, 5.41) is 3.37. The van der Waals surface area contributed by atoms with Crippen molar-refractivity contribution in [3.63, 3.8) is 0 Å². The molecule has 115 valence electrons. The molecule has 1 heterocycles. The maximum Gasteiger partial charge on any atom is 0.241 e. The summed E-state index contributed by atoms with van der Waals surface area (Å²) in [6.07, 6.45) is 1.69. The summed E-state index contributed by atoms with van der Waals surface area (Å²) in [5.74, 6) is 0.436. The van der Waals surface area contributed by atoms with Gasteiger partial charge in [0.1, 0.15) is 0 Å². The summed E-state index contributed by atoms with van der Waals surface area (Å²) in [6.45, 7) is 1.90. The number of thioether (sulfide) groups is 1. The van der Waals surface area contributed by atoms with Gasteiger partial charge in [-0.15, -0.1) is 11.8 Å². The van der Waals surface area contributed by atoms with E-state index in [0.717, 1.165) is 10.6 Å². The van der Waals surface area contributed by atoms with Gasteiger partial charge in [0.05, 0.1) is 16.0 Å². The number of aryl methyl sites for hydroxylation is 1. The molecule has 0 aliphatic carbocycles. The van der Waals surface area contributed by atoms with Crippen molar-refractivity contribution in [2.75, 3.05) is 5.75 Å². The molecule has 2 rings (SSSR count). The van der Waals surface area contributed by atoms with E-state index in [-0.39, 0.29) is 4.90 Å². The highest BCUT2D eigenvalue weighted by atomic mass is 32.2. The molecule has 2 aromatic rings. The summed E-state index contributed by atoms with van der Waals surface area (Å²) in [5.41, 5.74) is 1.00. The molecule has 22 heavy (non-hydrogen) atoms. The maximum absolute atomic E-state index is 12.3. The van der Waals surface area contributed by atoms with Gasteiger partial charge >= 0.3 is 0 Å². The van der Waals surface area contributed by atoms with Crippen molar-refractivity contribution in [3.8, 4) is 0 Å². The topological polar surface area (TPSA) is 59.1 Å². The Balaban J connectivity index is 2.02. The van der Waals surface area contributed by atoms with Crippen LogP contribution in [0.25, 0.3) is 0 Å². The van der Waals surface area contributed by atoms with E-state index in [9.17, 15) is 8.42 Å². The van der Waals surface area contributed by atoms with Crippen LogP contribution >= 0.6 is 24.0 Å². The van der Waals surface area contributed by atoms with Crippen LogP contribution in [0.15, 0.2) is 58.6 Å². The van der Waals surface area contributed by atoms with Crippen molar-refractivity contribution >= 4 is 39.4 Å². The molecule has 0 spiro atoms. The number of hydrogen-bond donors (Lipinski definition) is 1. The van der Waals surface area contributed by atoms with E-state index in [1.54, 1.807) is 30.5 Å². The minimum atomic E-state index is -3.61. The predicted octanol–water partition coefficient (Wildman–Crippen LogP) is 2.71. The molecule has 1 unspecified atom stereocenters. The molecule has 0 fully saturated rings. The normalized spacial score (nSPS) is 12.8. The number of thiocarbonyl (C=S) groups is 1. The lowest BCUT2D eigenvalue weighted by Crippen LogP contribution is -2.37. The SMILES string of the molecule is Cc1ccc(S(=O)(=O)NC([C]=S)CSc2ccccn2)cc1. The van der Waals surface area contributed by atoms with Gasteiger partial charge in [0, 0.05) is 17.3 Å². The number of pyridine rings is 1. The first kappa shape index (κ1) is 17.1. The molecular formula is C15H15N2O2S3. The van der Waals surface area contributed by atoms with E-state index in [4.69, 9.17) is 12.2 Å². The fourth-order valence-corrected chi connectivity index (χ4v) is 4.06. The van der Waals surface area contributed by atoms with Crippen LogP contribution in [0.3, 0.4) is 0 Å². The van der Waals surface area contributed by atoms with E-state index in [2.05, 4.69) is 15.1 Å². The Hall–Kier alpha value is -1.28. The Labute approximate surface area is 140 Å². The molecule has 4 nitrogen and oxygen atoms in total. The Morgan fingerprint density at radius 2 is 2.00 bits per heavy atom. The van der Waals surface area contributed by atoms with Crippen molar-refractivity contribution < 1.29 is 8.42 Å². The second-order valence-corrected chi connectivity index (χ2v) is 7.57. The van der Waals surface area contributed by atoms with Gasteiger partial charge in [-0.3, -0.25) is 0 Å². The van der Waals surface area contributed by atoms with Gasteiger partial charge in [-0.2, -0.15) is 0 Å². The van der Waals surface area contributed by atoms with Crippen molar-refractivity contribution in [2.45, 2.75) is 22.9 Å². The van der Waals surface area contributed by atoms with E-state index in [0.29, 0.717) is 5.75 Å². The third kappa shape index (κ3) is 4.88. The summed E-state index contributed by atoms with van der Waals surface area (Å²) >= 11 is 6.24. The zero-order chi connectivity index (χ0) is 16.0. The molecule has 0 saturated carbocycles. The Morgan fingerprint density at radius 1 is 1.27 bits per heavy atom. The average molecular weight is 351 g/mol. The van der Waals surface area contributed by atoms with Crippen LogP contribution in [-0.2, 0) is 10.0 Å². The summed E-state index contributed by atoms with van der Waals surface area (Å²) in [4.78, 5) is 4.39. The zero-order valence-corrected chi connectivity index (χ0v) is 14.3. The quantitative estimate of drug-likeness (QED) is 0.614. The summed E-state index contributed by atoms with van der Waals surface area (Å²) < 4.78 is 27.2. The molecule has 0 aliphatic rings. The van der Waals surface area contributed by atoms with Crippen molar-refractivity contribution in [1.29, 1.82) is 0 Å². The van der Waals surface area contributed by atoms with Gasteiger partial charge in [-0.25, -0.2) is 18.1 Å². The summed E-state index contributed by atoms with van der Waals surface area (Å²) in [7, 11) is -3.61. The van der Waals surface area contributed by atoms with Gasteiger partial charge < -0.3 is 0 Å². The van der Waals surface area contributed by atoms with Crippen LogP contribution in [0.4, 0.5) is 0 Å². The fourth-order valence-electron chi connectivity index (χ4n) is 1.67. The number of nitrogens with zero attached hydrogens (tertiary/aromatic N) is 1. The fraction of sp³-hybridized carbons (Fsp3) is 0.200. The van der Waals surface area contributed by atoms with E-state index in [1.165, 1.54) is 11.8 Å². The molecule has 7 heteroatoms. The lowest BCUT2D eigenvalue weighted by molar-refractivity contribution is 0.580. The minimum absolute atomic E-state index is 0.219. The molecule has 1 aromatic carbocycles. The predicted molar refractivity (Wildman–Crippen MR) is 92.8 cm³/mol. The molecular weight excluding hydrogens is 336 g/mol. The van der Waals surface area contributed by atoms with E-state index < -0.39 is 16.1 Å². The van der Waals surface area contributed by atoms with Gasteiger partial charge in [0.25, 0.3) is 0 Å². The molecule has 0 aliphatic heterocycles. The smallest absolute Gasteiger partial charge is 0.241 e. The van der Waals surface area contributed by atoms with Gasteiger partial charge in [0.2, 0.25) is 10.0 Å². The van der Waals surface area contributed by atoms with E-state index >= 15 is 0 Å². The molecule has 1 atom stereocenters. The molecule has 1 radical (unpaired) electrons. The molecule has 1 aromatic heterocycles. The average Bonchev–Trinajstić information content (AvgIpc) is 2.52. The maximum atomic E-state index is 12.3. The standard InChI is InChI=1S/C15H15N2O2S3/c1-12-5-7-14(8-6-12)22(18,19)17-13(10-20)11-21-15-4-2-3-9-16-15/h2-9,13,17H,11H2,1H3. The Morgan fingerprint density at radius 3 is 2.59 bits per heavy atom. The molecule has 0 bridgehead atoms. The van der Waals surface area contributed by atoms with Crippen LogP contribution in [0.1, 0.15) is 5.56 Å². The molecule has 1 N–H and O–H groups in total. The minimum Gasteiger partial charge on any atom is -0.250 e. The van der Waals surface area contributed by atoms with Crippen LogP contribution in [0, 0.1) is 6.92 Å². The first-order valence-electron chi connectivity index (χ1n) is 6.52. The Kier molecular flexibility index (Phi) is 6.07. The number of hydrogen-bond acceptors (Lipinski definition) is 5. The van der Waals surface area contributed by atoms with Crippen LogP contribution in [0.2, 0.25) is 0 Å². The van der Waals surface area contributed by atoms with Crippen molar-refractivity contribution in [3.05, 3.63) is 54.2 Å². The third-order valence-corrected chi connectivity index (χ3v) is 5.62. The number of nitrogens with one attached hydrogen (secondary N) is 1. The monoisotopic (exact) mass is 351 g/mol. The second kappa shape index (κ2) is 7.82. The molecule has 0 saturated heterocycles. The van der Waals surface area contributed by atoms with Gasteiger partial charge in [-0.1, -0.05) is 36.0 Å². The van der Waals surface area contributed by atoms with Crippen molar-refractivity contribution in [2.24, 2.45) is 0 Å². The number of aromatic nitrogens is 1. The van der Waals surface area contributed by atoms with Gasteiger partial charge in [0.15, 0.2) is 0 Å². The summed E-state index contributed by atoms with van der Waals surface area (Å²) in [6, 6.07) is 11.7. The lowest BCUT2D eigenvalue weighted by Gasteiger charge is -2.13. The van der Waals surface area contributed by atoms with E-state index in [1.807, 2.05) is 25.1 Å². The number of benzene rings is 1. The highest BCUT2D eigenvalue weighted by molar-refractivity contribution is 7.99. The number of rotatable bonds is 7. The van der Waals surface area contributed by atoms with Crippen LogP contribution < -0.4 is 4.72 Å². The third-order valence-electron chi connectivity index (χ3n) is 2.81. The highest BCUT2D eigenvalue weighted by Gasteiger charge is 2.19. The largest absolute Gasteiger partial charge is 0.250 e. The van der Waals surface area contributed by atoms with Crippen LogP contribution in [-0.4, -0.2) is 30.6 Å². The first-order valence-corrected chi connectivity index (χ1v) is 9.39. The zero-order valence-electron chi connectivity index (χ0n) is 11.9. The van der Waals surface area contributed by atoms with Crippen LogP contribution in [0.5, 0.6) is 0 Å².